The SMILES string of the molecule is CC1CCC(CN)CN1Cc1c(F)ccc(Br)c1F. The standard InChI is InChI=1S/C14H19BrF2N2/c1-9-2-3-10(6-18)7-19(9)8-11-13(16)5-4-12(15)14(11)17/h4-5,9-10H,2-3,6-8,18H2,1H3. The third-order valence-electron chi connectivity index (χ3n) is 3.94. The zero-order valence-corrected chi connectivity index (χ0v) is 12.6. The van der Waals surface area contributed by atoms with Crippen LogP contribution in [0, 0.1) is 17.6 Å². The summed E-state index contributed by atoms with van der Waals surface area (Å²) >= 11 is 3.11. The number of nitrogens with zero attached hydrogens (tertiary/aromatic N) is 1. The molecule has 1 aromatic carbocycles. The molecule has 1 aromatic rings. The van der Waals surface area contributed by atoms with Crippen LogP contribution < -0.4 is 5.73 Å². The van der Waals surface area contributed by atoms with Gasteiger partial charge in [0, 0.05) is 24.7 Å². The molecule has 1 saturated heterocycles. The molecule has 0 amide bonds. The van der Waals surface area contributed by atoms with Gasteiger partial charge in [0.2, 0.25) is 0 Å². The van der Waals surface area contributed by atoms with Gasteiger partial charge in [0.25, 0.3) is 0 Å². The Morgan fingerprint density at radius 3 is 2.79 bits per heavy atom. The van der Waals surface area contributed by atoms with Gasteiger partial charge < -0.3 is 5.73 Å². The molecule has 0 bridgehead atoms. The van der Waals surface area contributed by atoms with Crippen molar-refractivity contribution < 1.29 is 8.78 Å². The van der Waals surface area contributed by atoms with E-state index < -0.39 is 11.6 Å². The van der Waals surface area contributed by atoms with Crippen molar-refractivity contribution in [3.63, 3.8) is 0 Å². The fourth-order valence-corrected chi connectivity index (χ4v) is 2.96. The van der Waals surface area contributed by atoms with Gasteiger partial charge in [-0.05, 0) is 60.3 Å². The van der Waals surface area contributed by atoms with Crippen molar-refractivity contribution in [2.24, 2.45) is 11.7 Å². The fraction of sp³-hybridized carbons (Fsp3) is 0.571. The highest BCUT2D eigenvalue weighted by molar-refractivity contribution is 9.10. The Morgan fingerprint density at radius 1 is 1.37 bits per heavy atom. The molecule has 2 unspecified atom stereocenters. The van der Waals surface area contributed by atoms with Crippen LogP contribution in [0.1, 0.15) is 25.3 Å². The van der Waals surface area contributed by atoms with Crippen LogP contribution in [0.5, 0.6) is 0 Å². The number of halogens is 3. The van der Waals surface area contributed by atoms with Gasteiger partial charge in [-0.3, -0.25) is 4.90 Å². The summed E-state index contributed by atoms with van der Waals surface area (Å²) in [5.41, 5.74) is 5.84. The molecular formula is C14H19BrF2N2. The second-order valence-electron chi connectivity index (χ2n) is 5.28. The maximum Gasteiger partial charge on any atom is 0.144 e. The molecule has 0 aromatic heterocycles. The molecule has 106 valence electrons. The Labute approximate surface area is 121 Å². The molecule has 1 aliphatic rings. The number of rotatable bonds is 3. The molecule has 2 atom stereocenters. The summed E-state index contributed by atoms with van der Waals surface area (Å²) in [5, 5.41) is 0. The number of hydrogen-bond acceptors (Lipinski definition) is 2. The van der Waals surface area contributed by atoms with Gasteiger partial charge in [0.05, 0.1) is 4.47 Å². The fourth-order valence-electron chi connectivity index (χ4n) is 2.59. The number of hydrogen-bond donors (Lipinski definition) is 1. The van der Waals surface area contributed by atoms with E-state index >= 15 is 0 Å². The Bertz CT molecular complexity index is 453. The van der Waals surface area contributed by atoms with Crippen molar-refractivity contribution in [1.29, 1.82) is 0 Å². The second kappa shape index (κ2) is 6.29. The molecule has 0 radical (unpaired) electrons. The summed E-state index contributed by atoms with van der Waals surface area (Å²) in [6.45, 7) is 3.84. The first-order valence-corrected chi connectivity index (χ1v) is 7.38. The first kappa shape index (κ1) is 14.9. The lowest BCUT2D eigenvalue weighted by atomic mass is 9.93. The minimum Gasteiger partial charge on any atom is -0.330 e. The highest BCUT2D eigenvalue weighted by atomic mass is 79.9. The predicted molar refractivity (Wildman–Crippen MR) is 75.7 cm³/mol. The highest BCUT2D eigenvalue weighted by Gasteiger charge is 2.26. The van der Waals surface area contributed by atoms with Crippen molar-refractivity contribution in [3.8, 4) is 0 Å². The van der Waals surface area contributed by atoms with Crippen LogP contribution in [-0.2, 0) is 6.54 Å². The molecule has 1 heterocycles. The van der Waals surface area contributed by atoms with Crippen LogP contribution >= 0.6 is 15.9 Å². The summed E-state index contributed by atoms with van der Waals surface area (Å²) in [7, 11) is 0. The average molecular weight is 333 g/mol. The Hall–Kier alpha value is -0.520. The Kier molecular flexibility index (Phi) is 4.92. The van der Waals surface area contributed by atoms with E-state index in [1.165, 1.54) is 12.1 Å². The van der Waals surface area contributed by atoms with E-state index in [1.54, 1.807) is 0 Å². The van der Waals surface area contributed by atoms with Crippen LogP contribution in [0.25, 0.3) is 0 Å². The van der Waals surface area contributed by atoms with Crippen LogP contribution in [-0.4, -0.2) is 24.0 Å². The molecule has 2 N–H and O–H groups in total. The van der Waals surface area contributed by atoms with Gasteiger partial charge in [0.1, 0.15) is 11.6 Å². The molecule has 1 fully saturated rings. The topological polar surface area (TPSA) is 29.3 Å². The van der Waals surface area contributed by atoms with E-state index in [9.17, 15) is 8.78 Å². The van der Waals surface area contributed by atoms with E-state index in [0.29, 0.717) is 29.5 Å². The van der Waals surface area contributed by atoms with E-state index in [-0.39, 0.29) is 5.56 Å². The second-order valence-corrected chi connectivity index (χ2v) is 6.13. The molecule has 2 rings (SSSR count). The molecular weight excluding hydrogens is 314 g/mol. The number of benzene rings is 1. The molecule has 5 heteroatoms. The maximum absolute atomic E-state index is 14.0. The average Bonchev–Trinajstić information content (AvgIpc) is 2.41. The Balaban J connectivity index is 2.18. The summed E-state index contributed by atoms with van der Waals surface area (Å²) in [6.07, 6.45) is 2.12. The molecule has 0 aliphatic carbocycles. The molecule has 2 nitrogen and oxygen atoms in total. The van der Waals surface area contributed by atoms with Gasteiger partial charge in [-0.25, -0.2) is 8.78 Å². The highest BCUT2D eigenvalue weighted by Crippen LogP contribution is 2.27. The van der Waals surface area contributed by atoms with Crippen molar-refractivity contribution >= 4 is 15.9 Å². The summed E-state index contributed by atoms with van der Waals surface area (Å²) < 4.78 is 28.1. The maximum atomic E-state index is 14.0. The lowest BCUT2D eigenvalue weighted by molar-refractivity contribution is 0.110. The number of nitrogens with two attached hydrogens (primary N) is 1. The van der Waals surface area contributed by atoms with Crippen LogP contribution in [0.2, 0.25) is 0 Å². The minimum absolute atomic E-state index is 0.138. The third kappa shape index (κ3) is 3.33. The minimum atomic E-state index is -0.498. The summed E-state index contributed by atoms with van der Waals surface area (Å²) in [6, 6.07) is 3.04. The Morgan fingerprint density at radius 2 is 2.11 bits per heavy atom. The monoisotopic (exact) mass is 332 g/mol. The largest absolute Gasteiger partial charge is 0.330 e. The lowest BCUT2D eigenvalue weighted by Crippen LogP contribution is -2.43. The lowest BCUT2D eigenvalue weighted by Gasteiger charge is -2.37. The zero-order chi connectivity index (χ0) is 14.0. The number of piperidine rings is 1. The molecule has 0 saturated carbocycles. The van der Waals surface area contributed by atoms with Crippen LogP contribution in [0.4, 0.5) is 8.78 Å². The quantitative estimate of drug-likeness (QED) is 0.860. The smallest absolute Gasteiger partial charge is 0.144 e. The van der Waals surface area contributed by atoms with E-state index in [1.807, 2.05) is 0 Å². The van der Waals surface area contributed by atoms with Crippen LogP contribution in [0.15, 0.2) is 16.6 Å². The van der Waals surface area contributed by atoms with E-state index in [2.05, 4.69) is 27.8 Å². The van der Waals surface area contributed by atoms with E-state index in [4.69, 9.17) is 5.73 Å². The van der Waals surface area contributed by atoms with Gasteiger partial charge >= 0.3 is 0 Å². The van der Waals surface area contributed by atoms with Crippen molar-refractivity contribution in [1.82, 2.24) is 4.90 Å². The van der Waals surface area contributed by atoms with Gasteiger partial charge in [0.15, 0.2) is 0 Å². The van der Waals surface area contributed by atoms with Gasteiger partial charge in [-0.15, -0.1) is 0 Å². The van der Waals surface area contributed by atoms with Crippen LogP contribution in [0.3, 0.4) is 0 Å². The predicted octanol–water partition coefficient (Wildman–Crippen LogP) is 3.29. The molecule has 1 aliphatic heterocycles. The third-order valence-corrected chi connectivity index (χ3v) is 4.55. The zero-order valence-electron chi connectivity index (χ0n) is 11.0. The van der Waals surface area contributed by atoms with Gasteiger partial charge in [-0.2, -0.15) is 0 Å². The molecule has 19 heavy (non-hydrogen) atoms. The summed E-state index contributed by atoms with van der Waals surface area (Å²) in [4.78, 5) is 2.12. The van der Waals surface area contributed by atoms with Gasteiger partial charge in [-0.1, -0.05) is 0 Å². The first-order chi connectivity index (χ1) is 9.02. The normalized spacial score (nSPS) is 24.7. The van der Waals surface area contributed by atoms with Crippen molar-refractivity contribution in [3.05, 3.63) is 33.8 Å². The van der Waals surface area contributed by atoms with Crippen molar-refractivity contribution in [2.45, 2.75) is 32.4 Å². The first-order valence-electron chi connectivity index (χ1n) is 6.59. The number of likely N-dealkylation sites (tertiary alicyclic amines) is 1. The summed E-state index contributed by atoms with van der Waals surface area (Å²) in [5.74, 6) is -0.556. The molecule has 0 spiro atoms. The van der Waals surface area contributed by atoms with E-state index in [0.717, 1.165) is 19.4 Å². The van der Waals surface area contributed by atoms with Crippen molar-refractivity contribution in [2.75, 3.05) is 13.1 Å².